The van der Waals surface area contributed by atoms with Crippen LogP contribution >= 0.6 is 0 Å². The number of nitrogens with two attached hydrogens (primary N) is 3. The number of guanidine groups is 2. The minimum absolute atomic E-state index is 0.0734. The molecule has 4 atom stereocenters. The van der Waals surface area contributed by atoms with Gasteiger partial charge in [-0.05, 0) is 0 Å². The topological polar surface area (TPSA) is 205 Å². The lowest BCUT2D eigenvalue weighted by atomic mass is 9.86. The summed E-state index contributed by atoms with van der Waals surface area (Å²) in [5.41, 5.74) is 14.7. The monoisotopic (exact) mass is 315 g/mol. The third-order valence-electron chi connectivity index (χ3n) is 4.17. The molecule has 4 unspecified atom stereocenters. The molecule has 1 saturated heterocycles. The number of carbonyl (C=O) groups excluding carboxylic acids is 1. The van der Waals surface area contributed by atoms with Gasteiger partial charge in [0.25, 0.3) is 0 Å². The van der Waals surface area contributed by atoms with E-state index >= 15 is 0 Å². The molecule has 3 aliphatic rings. The van der Waals surface area contributed by atoms with Gasteiger partial charge in [-0.2, -0.15) is 0 Å². The smallest absolute Gasteiger partial charge is 0.404 e. The lowest BCUT2D eigenvalue weighted by Crippen LogP contribution is -2.77. The highest BCUT2D eigenvalue weighted by molar-refractivity contribution is 5.87. The van der Waals surface area contributed by atoms with Crippen molar-refractivity contribution in [1.82, 2.24) is 10.2 Å². The van der Waals surface area contributed by atoms with E-state index in [1.165, 1.54) is 4.90 Å². The van der Waals surface area contributed by atoms with Crippen molar-refractivity contribution < 1.29 is 24.9 Å². The molecule has 0 aliphatic carbocycles. The Labute approximate surface area is 124 Å². The molecule has 0 radical (unpaired) electrons. The molecular formula is C10H17N7O5. The van der Waals surface area contributed by atoms with Gasteiger partial charge in [0.15, 0.2) is 17.6 Å². The predicted molar refractivity (Wildman–Crippen MR) is 72.1 cm³/mol. The summed E-state index contributed by atoms with van der Waals surface area (Å²) in [6.07, 6.45) is -2.55. The summed E-state index contributed by atoms with van der Waals surface area (Å²) in [5, 5.41) is 33.4. The first kappa shape index (κ1) is 14.6. The number of nitrogens with zero attached hydrogens (tertiary/aromatic N) is 3. The zero-order valence-corrected chi connectivity index (χ0v) is 11.4. The van der Waals surface area contributed by atoms with Crippen LogP contribution in [0.2, 0.25) is 0 Å². The van der Waals surface area contributed by atoms with Gasteiger partial charge in [-0.25, -0.2) is 14.8 Å². The van der Waals surface area contributed by atoms with Gasteiger partial charge in [0.2, 0.25) is 5.79 Å². The molecular weight excluding hydrogens is 298 g/mol. The molecule has 0 bridgehead atoms. The Morgan fingerprint density at radius 1 is 1.45 bits per heavy atom. The molecule has 1 amide bonds. The third kappa shape index (κ3) is 1.65. The lowest BCUT2D eigenvalue weighted by Gasteiger charge is -2.48. The van der Waals surface area contributed by atoms with Crippen LogP contribution in [-0.4, -0.2) is 81.0 Å². The van der Waals surface area contributed by atoms with Crippen LogP contribution in [0.4, 0.5) is 4.79 Å². The summed E-state index contributed by atoms with van der Waals surface area (Å²) in [7, 11) is 0. The molecule has 12 nitrogen and oxygen atoms in total. The number of carbonyl (C=O) groups is 1. The van der Waals surface area contributed by atoms with E-state index in [1.54, 1.807) is 0 Å². The largest absolute Gasteiger partial charge is 0.447 e. The van der Waals surface area contributed by atoms with Gasteiger partial charge in [-0.1, -0.05) is 0 Å². The SMILES string of the molecule is NC(=O)OCC1N=C(N)N2CC(O)C(O)(O)C23NC(N)=NC13. The third-order valence-corrected chi connectivity index (χ3v) is 4.17. The van der Waals surface area contributed by atoms with Gasteiger partial charge in [0.1, 0.15) is 24.8 Å². The number of amides is 1. The maximum absolute atomic E-state index is 10.8. The summed E-state index contributed by atoms with van der Waals surface area (Å²) in [5.74, 6) is -2.75. The standard InChI is InChI=1S/C10H17N7O5/c11-6-15-5-3(2-22-8(13)19)14-7(12)17-1-4(18)10(20,21)9(5,17)16-6/h3-5,18,20-21H,1-2H2,(H2,12,14)(H2,13,19)(H3,11,15,16). The quantitative estimate of drug-likeness (QED) is 0.243. The molecule has 3 heterocycles. The Kier molecular flexibility index (Phi) is 2.89. The molecule has 0 aromatic rings. The maximum atomic E-state index is 10.8. The normalized spacial score (nSPS) is 38.5. The zero-order valence-electron chi connectivity index (χ0n) is 11.4. The van der Waals surface area contributed by atoms with Crippen molar-refractivity contribution in [2.24, 2.45) is 27.2 Å². The summed E-state index contributed by atoms with van der Waals surface area (Å²) < 4.78 is 4.71. The van der Waals surface area contributed by atoms with E-state index in [0.717, 1.165) is 0 Å². The Morgan fingerprint density at radius 3 is 2.77 bits per heavy atom. The Hall–Kier alpha value is -2.31. The fourth-order valence-electron chi connectivity index (χ4n) is 3.22. The first-order valence-corrected chi connectivity index (χ1v) is 6.47. The van der Waals surface area contributed by atoms with Crippen molar-refractivity contribution in [2.45, 2.75) is 29.6 Å². The van der Waals surface area contributed by atoms with E-state index in [-0.39, 0.29) is 25.1 Å². The van der Waals surface area contributed by atoms with Gasteiger partial charge >= 0.3 is 6.09 Å². The maximum Gasteiger partial charge on any atom is 0.404 e. The number of ether oxygens (including phenoxy) is 1. The highest BCUT2D eigenvalue weighted by Crippen LogP contribution is 2.44. The van der Waals surface area contributed by atoms with Crippen molar-refractivity contribution in [3.8, 4) is 0 Å². The number of primary amides is 1. The first-order valence-electron chi connectivity index (χ1n) is 6.47. The van der Waals surface area contributed by atoms with E-state index < -0.39 is 35.7 Å². The van der Waals surface area contributed by atoms with E-state index in [1.807, 2.05) is 0 Å². The van der Waals surface area contributed by atoms with Crippen LogP contribution in [0.25, 0.3) is 0 Å². The van der Waals surface area contributed by atoms with Crippen LogP contribution in [-0.2, 0) is 4.74 Å². The van der Waals surface area contributed by atoms with Gasteiger partial charge in [0.05, 0.1) is 6.54 Å². The summed E-state index contributed by atoms with van der Waals surface area (Å²) in [4.78, 5) is 20.3. The van der Waals surface area contributed by atoms with Crippen LogP contribution in [0.3, 0.4) is 0 Å². The highest BCUT2D eigenvalue weighted by atomic mass is 16.5. The summed E-state index contributed by atoms with van der Waals surface area (Å²) >= 11 is 0. The van der Waals surface area contributed by atoms with Gasteiger partial charge in [-0.15, -0.1) is 0 Å². The van der Waals surface area contributed by atoms with Crippen molar-refractivity contribution in [2.75, 3.05) is 13.2 Å². The van der Waals surface area contributed by atoms with Crippen molar-refractivity contribution >= 4 is 18.0 Å². The Morgan fingerprint density at radius 2 is 2.14 bits per heavy atom. The molecule has 0 aromatic carbocycles. The second kappa shape index (κ2) is 4.34. The molecule has 22 heavy (non-hydrogen) atoms. The number of aliphatic hydroxyl groups is 3. The number of nitrogens with one attached hydrogen (secondary N) is 1. The molecule has 3 aliphatic heterocycles. The average Bonchev–Trinajstić information content (AvgIpc) is 2.86. The summed E-state index contributed by atoms with van der Waals surface area (Å²) in [6, 6.07) is -1.80. The van der Waals surface area contributed by atoms with E-state index in [4.69, 9.17) is 21.9 Å². The van der Waals surface area contributed by atoms with Crippen LogP contribution in [0.1, 0.15) is 0 Å². The van der Waals surface area contributed by atoms with Gasteiger partial charge < -0.3 is 47.5 Å². The second-order valence-corrected chi connectivity index (χ2v) is 5.39. The van der Waals surface area contributed by atoms with Crippen LogP contribution in [0.5, 0.6) is 0 Å². The molecule has 12 heteroatoms. The Balaban J connectivity index is 2.04. The van der Waals surface area contributed by atoms with Crippen molar-refractivity contribution in [1.29, 1.82) is 0 Å². The minimum atomic E-state index is -2.60. The first-order chi connectivity index (χ1) is 10.2. The fraction of sp³-hybridized carbons (Fsp3) is 0.700. The molecule has 10 N–H and O–H groups in total. The molecule has 0 aromatic heterocycles. The lowest BCUT2D eigenvalue weighted by molar-refractivity contribution is -0.257. The molecule has 122 valence electrons. The average molecular weight is 315 g/mol. The van der Waals surface area contributed by atoms with E-state index in [2.05, 4.69) is 15.3 Å². The summed E-state index contributed by atoms with van der Waals surface area (Å²) in [6.45, 7) is -0.459. The van der Waals surface area contributed by atoms with Crippen molar-refractivity contribution in [3.63, 3.8) is 0 Å². The van der Waals surface area contributed by atoms with Crippen LogP contribution < -0.4 is 22.5 Å². The number of hydrogen-bond donors (Lipinski definition) is 7. The van der Waals surface area contributed by atoms with Gasteiger partial charge in [-0.3, -0.25) is 0 Å². The second-order valence-electron chi connectivity index (χ2n) is 5.39. The highest BCUT2D eigenvalue weighted by Gasteiger charge is 2.73. The van der Waals surface area contributed by atoms with E-state index in [0.29, 0.717) is 0 Å². The molecule has 1 fully saturated rings. The molecule has 0 saturated carbocycles. The predicted octanol–water partition coefficient (Wildman–Crippen LogP) is -4.88. The van der Waals surface area contributed by atoms with E-state index in [9.17, 15) is 20.1 Å². The Bertz CT molecular complexity index is 578. The number of aliphatic imine (C=N–C) groups is 2. The van der Waals surface area contributed by atoms with Crippen LogP contribution in [0.15, 0.2) is 9.98 Å². The number of aliphatic hydroxyl groups excluding tert-OH is 1. The minimum Gasteiger partial charge on any atom is -0.447 e. The zero-order chi connectivity index (χ0) is 16.3. The molecule has 1 spiro atoms. The van der Waals surface area contributed by atoms with Crippen LogP contribution in [0, 0.1) is 0 Å². The van der Waals surface area contributed by atoms with Crippen molar-refractivity contribution in [3.05, 3.63) is 0 Å². The fourth-order valence-corrected chi connectivity index (χ4v) is 3.22. The molecule has 3 rings (SSSR count). The van der Waals surface area contributed by atoms with Gasteiger partial charge in [0, 0.05) is 0 Å². The number of rotatable bonds is 2. The number of hydrogen-bond acceptors (Lipinski definition) is 11.